The summed E-state index contributed by atoms with van der Waals surface area (Å²) in [4.78, 5) is 14.3. The van der Waals surface area contributed by atoms with Crippen molar-refractivity contribution in [2.24, 2.45) is 11.7 Å². The van der Waals surface area contributed by atoms with Crippen molar-refractivity contribution in [3.63, 3.8) is 0 Å². The molecule has 0 radical (unpaired) electrons. The van der Waals surface area contributed by atoms with Crippen molar-refractivity contribution in [2.45, 2.75) is 37.1 Å². The molecule has 1 aliphatic heterocycles. The molecule has 0 aromatic heterocycles. The summed E-state index contributed by atoms with van der Waals surface area (Å²) in [6.07, 6.45) is 1.99. The molecule has 1 aromatic carbocycles. The zero-order chi connectivity index (χ0) is 19.5. The maximum absolute atomic E-state index is 12.8. The van der Waals surface area contributed by atoms with Crippen LogP contribution < -0.4 is 16.2 Å². The van der Waals surface area contributed by atoms with Gasteiger partial charge in [-0.1, -0.05) is 30.1 Å². The maximum Gasteiger partial charge on any atom is 0.241 e. The molecule has 1 heterocycles. The Morgan fingerprint density at radius 2 is 1.85 bits per heavy atom. The number of carbonyl (C=O) groups is 1. The van der Waals surface area contributed by atoms with Gasteiger partial charge in [0.2, 0.25) is 15.9 Å². The molecule has 1 aliphatic rings. The van der Waals surface area contributed by atoms with E-state index in [1.54, 1.807) is 4.90 Å². The Balaban J connectivity index is 2.21. The third kappa shape index (κ3) is 5.01. The second-order valence-electron chi connectivity index (χ2n) is 6.56. The minimum absolute atomic E-state index is 0.0320. The first kappa shape index (κ1) is 21.2. The van der Waals surface area contributed by atoms with Crippen LogP contribution in [0.5, 0.6) is 0 Å². The number of sulfonamides is 1. The van der Waals surface area contributed by atoms with Crippen molar-refractivity contribution in [2.75, 3.05) is 25.4 Å². The number of nitrogens with zero attached hydrogens (tertiary/aromatic N) is 1. The molecule has 0 bridgehead atoms. The molecular formula is C16H24Cl2N4O3S. The SMILES string of the molecule is CC1CCN(C(=O)C(CCN)NS(=O)(=O)c2cc(Cl)c(N)c(Cl)c2)CC1. The number of hydrogen-bond donors (Lipinski definition) is 3. The molecule has 146 valence electrons. The second kappa shape index (κ2) is 8.75. The van der Waals surface area contributed by atoms with Crippen LogP contribution in [0.15, 0.2) is 17.0 Å². The molecule has 26 heavy (non-hydrogen) atoms. The van der Waals surface area contributed by atoms with Crippen LogP contribution in [0.2, 0.25) is 10.0 Å². The van der Waals surface area contributed by atoms with Gasteiger partial charge in [0, 0.05) is 13.1 Å². The van der Waals surface area contributed by atoms with Gasteiger partial charge in [-0.3, -0.25) is 4.79 Å². The van der Waals surface area contributed by atoms with Gasteiger partial charge in [0.05, 0.1) is 20.6 Å². The van der Waals surface area contributed by atoms with Crippen LogP contribution in [0.4, 0.5) is 5.69 Å². The number of rotatable bonds is 6. The summed E-state index contributed by atoms with van der Waals surface area (Å²) in [5.41, 5.74) is 11.3. The Bertz CT molecular complexity index is 742. The summed E-state index contributed by atoms with van der Waals surface area (Å²) in [6, 6.07) is 1.48. The Kier molecular flexibility index (Phi) is 7.15. The van der Waals surface area contributed by atoms with Gasteiger partial charge in [-0.15, -0.1) is 0 Å². The minimum Gasteiger partial charge on any atom is -0.396 e. The molecule has 0 saturated carbocycles. The van der Waals surface area contributed by atoms with Crippen molar-refractivity contribution >= 4 is 44.8 Å². The molecular weight excluding hydrogens is 399 g/mol. The first-order chi connectivity index (χ1) is 12.2. The largest absolute Gasteiger partial charge is 0.396 e. The molecule has 0 spiro atoms. The molecule has 0 aliphatic carbocycles. The van der Waals surface area contributed by atoms with E-state index in [1.807, 2.05) is 0 Å². The fourth-order valence-electron chi connectivity index (χ4n) is 2.82. The van der Waals surface area contributed by atoms with Gasteiger partial charge in [0.15, 0.2) is 0 Å². The Morgan fingerprint density at radius 3 is 2.35 bits per heavy atom. The second-order valence-corrected chi connectivity index (χ2v) is 9.09. The number of benzene rings is 1. The van der Waals surface area contributed by atoms with Gasteiger partial charge in [0.25, 0.3) is 0 Å². The van der Waals surface area contributed by atoms with E-state index in [4.69, 9.17) is 34.7 Å². The van der Waals surface area contributed by atoms with Crippen LogP contribution in [0.3, 0.4) is 0 Å². The number of halogens is 2. The zero-order valence-corrected chi connectivity index (χ0v) is 16.9. The maximum atomic E-state index is 12.8. The predicted molar refractivity (Wildman–Crippen MR) is 104 cm³/mol. The van der Waals surface area contributed by atoms with Gasteiger partial charge >= 0.3 is 0 Å². The van der Waals surface area contributed by atoms with Crippen molar-refractivity contribution < 1.29 is 13.2 Å². The van der Waals surface area contributed by atoms with Crippen LogP contribution in [-0.2, 0) is 14.8 Å². The molecule has 1 saturated heterocycles. The first-order valence-corrected chi connectivity index (χ1v) is 10.6. The van der Waals surface area contributed by atoms with Crippen LogP contribution in [0.1, 0.15) is 26.2 Å². The number of nitrogen functional groups attached to an aromatic ring is 1. The summed E-state index contributed by atoms with van der Waals surface area (Å²) in [5.74, 6) is 0.293. The van der Waals surface area contributed by atoms with Crippen LogP contribution >= 0.6 is 23.2 Å². The van der Waals surface area contributed by atoms with Crippen molar-refractivity contribution in [3.8, 4) is 0 Å². The molecule has 2 rings (SSSR count). The Labute approximate surface area is 164 Å². The molecule has 1 unspecified atom stereocenters. The Morgan fingerprint density at radius 1 is 1.31 bits per heavy atom. The molecule has 1 atom stereocenters. The quantitative estimate of drug-likeness (QED) is 0.604. The predicted octanol–water partition coefficient (Wildman–Crippen LogP) is 1.83. The number of likely N-dealkylation sites (tertiary alicyclic amines) is 1. The lowest BCUT2D eigenvalue weighted by Crippen LogP contribution is -2.51. The highest BCUT2D eigenvalue weighted by atomic mass is 35.5. The number of nitrogens with two attached hydrogens (primary N) is 2. The lowest BCUT2D eigenvalue weighted by Gasteiger charge is -2.33. The van der Waals surface area contributed by atoms with Gasteiger partial charge in [-0.25, -0.2) is 8.42 Å². The number of carbonyl (C=O) groups excluding carboxylic acids is 1. The van der Waals surface area contributed by atoms with Crippen LogP contribution in [0.25, 0.3) is 0 Å². The highest BCUT2D eigenvalue weighted by molar-refractivity contribution is 7.89. The number of hydrogen-bond acceptors (Lipinski definition) is 5. The molecule has 1 aromatic rings. The molecule has 1 fully saturated rings. The summed E-state index contributed by atoms with van der Waals surface area (Å²) < 4.78 is 27.8. The van der Waals surface area contributed by atoms with Crippen LogP contribution in [0, 0.1) is 5.92 Å². The molecule has 1 amide bonds. The van der Waals surface area contributed by atoms with E-state index in [0.29, 0.717) is 19.0 Å². The molecule has 5 N–H and O–H groups in total. The highest BCUT2D eigenvalue weighted by Crippen LogP contribution is 2.30. The van der Waals surface area contributed by atoms with Crippen molar-refractivity contribution in [1.82, 2.24) is 9.62 Å². The average molecular weight is 423 g/mol. The van der Waals surface area contributed by atoms with Crippen molar-refractivity contribution in [1.29, 1.82) is 0 Å². The lowest BCUT2D eigenvalue weighted by molar-refractivity contribution is -0.134. The summed E-state index contributed by atoms with van der Waals surface area (Å²) in [7, 11) is -4.02. The van der Waals surface area contributed by atoms with Gasteiger partial charge in [-0.05, 0) is 43.9 Å². The summed E-state index contributed by atoms with van der Waals surface area (Å²) in [5, 5.41) is 0.0641. The highest BCUT2D eigenvalue weighted by Gasteiger charge is 2.31. The average Bonchev–Trinajstić information content (AvgIpc) is 2.58. The van der Waals surface area contributed by atoms with Gasteiger partial charge in [0.1, 0.15) is 6.04 Å². The van der Waals surface area contributed by atoms with E-state index in [9.17, 15) is 13.2 Å². The van der Waals surface area contributed by atoms with E-state index < -0.39 is 16.1 Å². The van der Waals surface area contributed by atoms with Crippen molar-refractivity contribution in [3.05, 3.63) is 22.2 Å². The normalized spacial score (nSPS) is 17.3. The first-order valence-electron chi connectivity index (χ1n) is 8.41. The van der Waals surface area contributed by atoms with E-state index in [0.717, 1.165) is 12.8 Å². The topological polar surface area (TPSA) is 119 Å². The number of anilines is 1. The minimum atomic E-state index is -4.02. The summed E-state index contributed by atoms with van der Waals surface area (Å²) >= 11 is 11.8. The van der Waals surface area contributed by atoms with Gasteiger partial charge < -0.3 is 16.4 Å². The van der Waals surface area contributed by atoms with Gasteiger partial charge in [-0.2, -0.15) is 4.72 Å². The van der Waals surface area contributed by atoms with E-state index >= 15 is 0 Å². The monoisotopic (exact) mass is 422 g/mol. The number of piperidine rings is 1. The fourth-order valence-corrected chi connectivity index (χ4v) is 4.71. The zero-order valence-electron chi connectivity index (χ0n) is 14.5. The van der Waals surface area contributed by atoms with E-state index in [2.05, 4.69) is 11.6 Å². The summed E-state index contributed by atoms with van der Waals surface area (Å²) in [6.45, 7) is 3.54. The molecule has 7 nitrogen and oxygen atoms in total. The fraction of sp³-hybridized carbons (Fsp3) is 0.562. The van der Waals surface area contributed by atoms with E-state index in [-0.39, 0.29) is 39.5 Å². The third-order valence-electron chi connectivity index (χ3n) is 4.51. The molecule has 10 heteroatoms. The lowest BCUT2D eigenvalue weighted by atomic mass is 9.98. The van der Waals surface area contributed by atoms with E-state index in [1.165, 1.54) is 12.1 Å². The Hall–Kier alpha value is -1.06. The standard InChI is InChI=1S/C16H24Cl2N4O3S/c1-10-3-6-22(7-4-10)16(23)14(2-5-19)21-26(24,25)11-8-12(17)15(20)13(18)9-11/h8-10,14,21H,2-7,19-20H2,1H3. The van der Waals surface area contributed by atoms with Crippen LogP contribution in [-0.4, -0.2) is 44.9 Å². The number of nitrogens with one attached hydrogen (secondary N) is 1. The number of amides is 1. The third-order valence-corrected chi connectivity index (χ3v) is 6.59. The smallest absolute Gasteiger partial charge is 0.241 e.